The fourth-order valence-electron chi connectivity index (χ4n) is 2.81. The number of carbonyl (C=O) groups excluding carboxylic acids is 1. The van der Waals surface area contributed by atoms with E-state index in [-0.39, 0.29) is 17.1 Å². The standard InChI is InChI=1S/C18H25NO2S/c1-4-19-12-11-16(14(3)13-19)17(18(20)21-5-2)22-15-9-7-6-8-10-15/h6-10,16-17H,3-5,11-13H2,1-2H3. The van der Waals surface area contributed by atoms with Crippen LogP contribution in [-0.4, -0.2) is 42.4 Å². The molecule has 1 aromatic carbocycles. The molecule has 0 saturated carbocycles. The monoisotopic (exact) mass is 319 g/mol. The topological polar surface area (TPSA) is 29.5 Å². The molecule has 0 aromatic heterocycles. The van der Waals surface area contributed by atoms with Crippen molar-refractivity contribution in [3.8, 4) is 0 Å². The number of esters is 1. The average molecular weight is 319 g/mol. The molecule has 2 unspecified atom stereocenters. The maximum atomic E-state index is 12.4. The molecule has 120 valence electrons. The predicted molar refractivity (Wildman–Crippen MR) is 92.1 cm³/mol. The van der Waals surface area contributed by atoms with Crippen molar-refractivity contribution in [2.24, 2.45) is 5.92 Å². The van der Waals surface area contributed by atoms with Gasteiger partial charge in [-0.2, -0.15) is 0 Å². The summed E-state index contributed by atoms with van der Waals surface area (Å²) in [6.07, 6.45) is 0.968. The van der Waals surface area contributed by atoms with Gasteiger partial charge in [-0.1, -0.05) is 37.3 Å². The number of hydrogen-bond acceptors (Lipinski definition) is 4. The molecule has 1 aliphatic heterocycles. The zero-order valence-electron chi connectivity index (χ0n) is 13.5. The van der Waals surface area contributed by atoms with Crippen LogP contribution >= 0.6 is 11.8 Å². The highest BCUT2D eigenvalue weighted by Gasteiger charge is 2.35. The van der Waals surface area contributed by atoms with Crippen LogP contribution in [0.3, 0.4) is 0 Å². The van der Waals surface area contributed by atoms with Crippen LogP contribution in [0.4, 0.5) is 0 Å². The second kappa shape index (κ2) is 8.39. The number of rotatable bonds is 6. The summed E-state index contributed by atoms with van der Waals surface area (Å²) in [6.45, 7) is 11.6. The fraction of sp³-hybridized carbons (Fsp3) is 0.500. The van der Waals surface area contributed by atoms with Crippen molar-refractivity contribution < 1.29 is 9.53 Å². The van der Waals surface area contributed by atoms with Gasteiger partial charge in [-0.05, 0) is 38.6 Å². The molecule has 3 nitrogen and oxygen atoms in total. The maximum absolute atomic E-state index is 12.4. The smallest absolute Gasteiger partial charge is 0.320 e. The van der Waals surface area contributed by atoms with Gasteiger partial charge in [0.15, 0.2) is 0 Å². The summed E-state index contributed by atoms with van der Waals surface area (Å²) in [5.41, 5.74) is 1.15. The number of likely N-dealkylation sites (tertiary alicyclic amines) is 1. The number of thioether (sulfide) groups is 1. The Morgan fingerprint density at radius 1 is 1.41 bits per heavy atom. The predicted octanol–water partition coefficient (Wildman–Crippen LogP) is 3.61. The van der Waals surface area contributed by atoms with Gasteiger partial charge in [0, 0.05) is 17.4 Å². The first-order chi connectivity index (χ1) is 10.7. The van der Waals surface area contributed by atoms with Crippen molar-refractivity contribution in [2.45, 2.75) is 30.4 Å². The van der Waals surface area contributed by atoms with Crippen molar-refractivity contribution in [1.29, 1.82) is 0 Å². The van der Waals surface area contributed by atoms with E-state index in [1.54, 1.807) is 11.8 Å². The molecule has 4 heteroatoms. The Balaban J connectivity index is 2.14. The van der Waals surface area contributed by atoms with Crippen molar-refractivity contribution in [2.75, 3.05) is 26.2 Å². The van der Waals surface area contributed by atoms with Gasteiger partial charge in [0.1, 0.15) is 5.25 Å². The van der Waals surface area contributed by atoms with Crippen LogP contribution in [0.15, 0.2) is 47.4 Å². The average Bonchev–Trinajstić information content (AvgIpc) is 2.54. The normalized spacial score (nSPS) is 20.6. The van der Waals surface area contributed by atoms with Gasteiger partial charge in [0.2, 0.25) is 0 Å². The summed E-state index contributed by atoms with van der Waals surface area (Å²) in [4.78, 5) is 15.9. The lowest BCUT2D eigenvalue weighted by molar-refractivity contribution is -0.143. The van der Waals surface area contributed by atoms with E-state index in [1.165, 1.54) is 0 Å². The van der Waals surface area contributed by atoms with Crippen molar-refractivity contribution in [1.82, 2.24) is 4.90 Å². The molecule has 1 aromatic rings. The Hall–Kier alpha value is -1.26. The van der Waals surface area contributed by atoms with E-state index in [2.05, 4.69) is 18.4 Å². The number of ether oxygens (including phenoxy) is 1. The van der Waals surface area contributed by atoms with Gasteiger partial charge >= 0.3 is 5.97 Å². The minimum atomic E-state index is -0.200. The molecule has 22 heavy (non-hydrogen) atoms. The second-order valence-electron chi connectivity index (χ2n) is 5.53. The van der Waals surface area contributed by atoms with Crippen molar-refractivity contribution in [3.63, 3.8) is 0 Å². The molecule has 1 saturated heterocycles. The first-order valence-corrected chi connectivity index (χ1v) is 8.82. The SMILES string of the molecule is C=C1CN(CC)CCC1C(Sc1ccccc1)C(=O)OCC. The third-order valence-electron chi connectivity index (χ3n) is 4.05. The van der Waals surface area contributed by atoms with Crippen LogP contribution in [0, 0.1) is 5.92 Å². The van der Waals surface area contributed by atoms with Gasteiger partial charge in [-0.25, -0.2) is 0 Å². The maximum Gasteiger partial charge on any atom is 0.320 e. The van der Waals surface area contributed by atoms with Crippen LogP contribution in [0.2, 0.25) is 0 Å². The first-order valence-electron chi connectivity index (χ1n) is 7.94. The van der Waals surface area contributed by atoms with E-state index >= 15 is 0 Å². The molecule has 0 bridgehead atoms. The van der Waals surface area contributed by atoms with Crippen molar-refractivity contribution >= 4 is 17.7 Å². The lowest BCUT2D eigenvalue weighted by atomic mass is 9.89. The summed E-state index contributed by atoms with van der Waals surface area (Å²) in [5.74, 6) is 0.0690. The first kappa shape index (κ1) is 17.1. The van der Waals surface area contributed by atoms with E-state index in [4.69, 9.17) is 4.74 Å². The Morgan fingerprint density at radius 3 is 2.73 bits per heavy atom. The Bertz CT molecular complexity index is 503. The zero-order chi connectivity index (χ0) is 15.9. The zero-order valence-corrected chi connectivity index (χ0v) is 14.3. The molecule has 0 radical (unpaired) electrons. The number of piperidine rings is 1. The van der Waals surface area contributed by atoms with Crippen molar-refractivity contribution in [3.05, 3.63) is 42.5 Å². The number of hydrogen-bond donors (Lipinski definition) is 0. The van der Waals surface area contributed by atoms with E-state index < -0.39 is 0 Å². The van der Waals surface area contributed by atoms with E-state index in [0.29, 0.717) is 6.61 Å². The van der Waals surface area contributed by atoms with Gasteiger partial charge < -0.3 is 4.74 Å². The van der Waals surface area contributed by atoms with Gasteiger partial charge in [-0.15, -0.1) is 11.8 Å². The van der Waals surface area contributed by atoms with E-state index in [1.807, 2.05) is 37.3 Å². The van der Waals surface area contributed by atoms with Crippen LogP contribution < -0.4 is 0 Å². The Kier molecular flexibility index (Phi) is 6.52. The van der Waals surface area contributed by atoms with Crippen LogP contribution in [0.25, 0.3) is 0 Å². The lowest BCUT2D eigenvalue weighted by Crippen LogP contribution is -2.41. The molecule has 0 amide bonds. The number of benzene rings is 1. The largest absolute Gasteiger partial charge is 0.465 e. The summed E-state index contributed by atoms with van der Waals surface area (Å²) in [5, 5.41) is -0.200. The van der Waals surface area contributed by atoms with Gasteiger partial charge in [0.25, 0.3) is 0 Å². The minimum absolute atomic E-state index is 0.118. The third kappa shape index (κ3) is 4.37. The third-order valence-corrected chi connectivity index (χ3v) is 5.36. The number of carbonyl (C=O) groups is 1. The van der Waals surface area contributed by atoms with Crippen LogP contribution in [-0.2, 0) is 9.53 Å². The lowest BCUT2D eigenvalue weighted by Gasteiger charge is -2.36. The summed E-state index contributed by atoms with van der Waals surface area (Å²) < 4.78 is 5.32. The number of likely N-dealkylation sites (N-methyl/N-ethyl adjacent to an activating group) is 1. The highest BCUT2D eigenvalue weighted by Crippen LogP contribution is 2.36. The minimum Gasteiger partial charge on any atom is -0.465 e. The molecule has 1 heterocycles. The summed E-state index contributed by atoms with van der Waals surface area (Å²) in [6, 6.07) is 10.1. The Morgan fingerprint density at radius 2 is 2.14 bits per heavy atom. The van der Waals surface area contributed by atoms with Gasteiger partial charge in [-0.3, -0.25) is 9.69 Å². The second-order valence-corrected chi connectivity index (χ2v) is 6.74. The molecule has 2 rings (SSSR count). The molecule has 2 atom stereocenters. The molecule has 0 N–H and O–H groups in total. The molecule has 1 aliphatic rings. The highest BCUT2D eigenvalue weighted by molar-refractivity contribution is 8.00. The van der Waals surface area contributed by atoms with Crippen LogP contribution in [0.5, 0.6) is 0 Å². The summed E-state index contributed by atoms with van der Waals surface area (Å²) in [7, 11) is 0. The molecule has 1 fully saturated rings. The highest BCUT2D eigenvalue weighted by atomic mass is 32.2. The molecular weight excluding hydrogens is 294 g/mol. The number of nitrogens with zero attached hydrogens (tertiary/aromatic N) is 1. The molecular formula is C18H25NO2S. The fourth-order valence-corrected chi connectivity index (χ4v) is 4.07. The summed E-state index contributed by atoms with van der Waals surface area (Å²) >= 11 is 1.60. The van der Waals surface area contributed by atoms with Gasteiger partial charge in [0.05, 0.1) is 6.61 Å². The molecule has 0 spiro atoms. The quantitative estimate of drug-likeness (QED) is 0.455. The van der Waals surface area contributed by atoms with Crippen LogP contribution in [0.1, 0.15) is 20.3 Å². The van der Waals surface area contributed by atoms with E-state index in [9.17, 15) is 4.79 Å². The molecule has 0 aliphatic carbocycles. The van der Waals surface area contributed by atoms with E-state index in [0.717, 1.165) is 36.5 Å². The Labute approximate surface area is 137 Å².